The fraction of sp³-hybridized carbons (Fsp3) is 0.600. The van der Waals surface area contributed by atoms with Crippen molar-refractivity contribution >= 4 is 0 Å². The van der Waals surface area contributed by atoms with Crippen LogP contribution in [0.5, 0.6) is 11.5 Å². The van der Waals surface area contributed by atoms with Gasteiger partial charge in [-0.25, -0.2) is 8.78 Å². The first-order valence-electron chi connectivity index (χ1n) is 6.99. The van der Waals surface area contributed by atoms with Gasteiger partial charge in [-0.3, -0.25) is 0 Å². The average molecular weight is 283 g/mol. The van der Waals surface area contributed by atoms with E-state index < -0.39 is 5.92 Å². The molecule has 0 spiro atoms. The summed E-state index contributed by atoms with van der Waals surface area (Å²) in [5.41, 5.74) is 6.48. The molecule has 1 fully saturated rings. The molecule has 1 aliphatic heterocycles. The molecule has 0 atom stereocenters. The lowest BCUT2D eigenvalue weighted by Crippen LogP contribution is -2.32. The van der Waals surface area contributed by atoms with Crippen molar-refractivity contribution in [2.75, 3.05) is 13.3 Å². The van der Waals surface area contributed by atoms with Gasteiger partial charge in [-0.05, 0) is 25.0 Å². The fourth-order valence-corrected chi connectivity index (χ4v) is 3.29. The number of benzene rings is 1. The van der Waals surface area contributed by atoms with Crippen LogP contribution in [0.4, 0.5) is 8.78 Å². The molecule has 3 rings (SSSR count). The fourth-order valence-electron chi connectivity index (χ4n) is 3.29. The van der Waals surface area contributed by atoms with Gasteiger partial charge in [-0.15, -0.1) is 0 Å². The first-order valence-corrected chi connectivity index (χ1v) is 6.99. The van der Waals surface area contributed by atoms with E-state index in [4.69, 9.17) is 15.2 Å². The third-order valence-corrected chi connectivity index (χ3v) is 4.50. The smallest absolute Gasteiger partial charge is 0.270 e. The van der Waals surface area contributed by atoms with Gasteiger partial charge in [-0.1, -0.05) is 12.8 Å². The molecule has 1 aliphatic carbocycles. The molecule has 5 heteroatoms. The summed E-state index contributed by atoms with van der Waals surface area (Å²) in [6.07, 6.45) is 3.97. The molecular formula is C15H19F2NO2. The largest absolute Gasteiger partial charge is 0.454 e. The number of fused-ring (bicyclic) bond motifs is 1. The van der Waals surface area contributed by atoms with Gasteiger partial charge in [0.25, 0.3) is 5.92 Å². The van der Waals surface area contributed by atoms with Gasteiger partial charge in [0.2, 0.25) is 6.79 Å². The highest BCUT2D eigenvalue weighted by Gasteiger charge is 2.40. The van der Waals surface area contributed by atoms with Crippen LogP contribution in [-0.2, 0) is 11.3 Å². The summed E-state index contributed by atoms with van der Waals surface area (Å²) in [5, 5.41) is 0. The predicted molar refractivity (Wildman–Crippen MR) is 71.3 cm³/mol. The molecule has 0 bridgehead atoms. The zero-order chi connectivity index (χ0) is 14.4. The van der Waals surface area contributed by atoms with Crippen molar-refractivity contribution in [3.05, 3.63) is 23.3 Å². The van der Waals surface area contributed by atoms with E-state index in [1.807, 2.05) is 0 Å². The van der Waals surface area contributed by atoms with Gasteiger partial charge < -0.3 is 15.2 Å². The van der Waals surface area contributed by atoms with Crippen LogP contribution in [0.1, 0.15) is 43.7 Å². The van der Waals surface area contributed by atoms with Crippen LogP contribution in [0.3, 0.4) is 0 Å². The number of alkyl halides is 2. The number of ether oxygens (including phenoxy) is 2. The minimum atomic E-state index is -2.90. The first-order chi connectivity index (χ1) is 9.46. The molecule has 20 heavy (non-hydrogen) atoms. The van der Waals surface area contributed by atoms with Crippen LogP contribution in [0.2, 0.25) is 0 Å². The van der Waals surface area contributed by atoms with Crippen molar-refractivity contribution < 1.29 is 18.3 Å². The highest BCUT2D eigenvalue weighted by molar-refractivity contribution is 5.55. The van der Waals surface area contributed by atoms with E-state index in [0.29, 0.717) is 18.0 Å². The maximum absolute atomic E-state index is 13.7. The van der Waals surface area contributed by atoms with Crippen LogP contribution in [0.15, 0.2) is 12.1 Å². The molecule has 0 unspecified atom stereocenters. The Balaban J connectivity index is 2.16. The lowest BCUT2D eigenvalue weighted by atomic mass is 9.77. The van der Waals surface area contributed by atoms with Crippen LogP contribution in [0, 0.1) is 0 Å². The Bertz CT molecular complexity index is 519. The molecule has 110 valence electrons. The summed E-state index contributed by atoms with van der Waals surface area (Å²) in [6.45, 7) is 1.43. The highest BCUT2D eigenvalue weighted by Crippen LogP contribution is 2.50. The molecular weight excluding hydrogens is 264 g/mol. The van der Waals surface area contributed by atoms with Gasteiger partial charge in [0.1, 0.15) is 0 Å². The van der Waals surface area contributed by atoms with Crippen LogP contribution in [-0.4, -0.2) is 13.3 Å². The summed E-state index contributed by atoms with van der Waals surface area (Å²) in [5.74, 6) is -1.88. The number of rotatable bonds is 3. The monoisotopic (exact) mass is 283 g/mol. The molecule has 2 N–H and O–H groups in total. The molecule has 0 amide bonds. The van der Waals surface area contributed by atoms with Crippen molar-refractivity contribution in [2.45, 2.75) is 43.9 Å². The Kier molecular flexibility index (Phi) is 3.12. The van der Waals surface area contributed by atoms with E-state index in [2.05, 4.69) is 0 Å². The van der Waals surface area contributed by atoms with E-state index >= 15 is 0 Å². The van der Waals surface area contributed by atoms with Crippen LogP contribution in [0.25, 0.3) is 0 Å². The zero-order valence-corrected chi connectivity index (χ0v) is 11.5. The third kappa shape index (κ3) is 2.04. The number of halogens is 2. The average Bonchev–Trinajstić information content (AvgIpc) is 3.06. The Labute approximate surface area is 117 Å². The Morgan fingerprint density at radius 3 is 2.55 bits per heavy atom. The zero-order valence-electron chi connectivity index (χ0n) is 11.5. The standard InChI is InChI=1S/C15H19F2NO2/c1-14(16,17)10-6-11(13-12(7-10)19-9-20-13)15(8-18)4-2-3-5-15/h6-7H,2-5,8-9,18H2,1H3. The topological polar surface area (TPSA) is 44.5 Å². The van der Waals surface area contributed by atoms with Crippen molar-refractivity contribution in [3.8, 4) is 11.5 Å². The molecule has 1 aromatic rings. The molecule has 2 aliphatic rings. The maximum atomic E-state index is 13.7. The third-order valence-electron chi connectivity index (χ3n) is 4.50. The number of hydrogen-bond donors (Lipinski definition) is 1. The second-order valence-electron chi connectivity index (χ2n) is 5.84. The Hall–Kier alpha value is -1.36. The summed E-state index contributed by atoms with van der Waals surface area (Å²) >= 11 is 0. The lowest BCUT2D eigenvalue weighted by Gasteiger charge is -2.30. The van der Waals surface area contributed by atoms with Crippen molar-refractivity contribution in [1.29, 1.82) is 0 Å². The number of nitrogens with two attached hydrogens (primary N) is 1. The predicted octanol–water partition coefficient (Wildman–Crippen LogP) is 3.30. The molecule has 1 aromatic carbocycles. The van der Waals surface area contributed by atoms with Crippen molar-refractivity contribution in [2.24, 2.45) is 5.73 Å². The summed E-state index contributed by atoms with van der Waals surface area (Å²) in [7, 11) is 0. The van der Waals surface area contributed by atoms with Gasteiger partial charge in [-0.2, -0.15) is 0 Å². The SMILES string of the molecule is CC(F)(F)c1cc2c(c(C3(CN)CCCC3)c1)OCO2. The maximum Gasteiger partial charge on any atom is 0.270 e. The van der Waals surface area contributed by atoms with Crippen LogP contribution >= 0.6 is 0 Å². The number of hydrogen-bond acceptors (Lipinski definition) is 3. The molecule has 1 heterocycles. The summed E-state index contributed by atoms with van der Waals surface area (Å²) < 4.78 is 38.2. The van der Waals surface area contributed by atoms with Gasteiger partial charge in [0.15, 0.2) is 11.5 Å². The second-order valence-corrected chi connectivity index (χ2v) is 5.84. The molecule has 0 aromatic heterocycles. The second kappa shape index (κ2) is 4.58. The lowest BCUT2D eigenvalue weighted by molar-refractivity contribution is 0.0171. The Morgan fingerprint density at radius 1 is 1.25 bits per heavy atom. The van der Waals surface area contributed by atoms with E-state index in [-0.39, 0.29) is 17.8 Å². The van der Waals surface area contributed by atoms with Crippen molar-refractivity contribution in [1.82, 2.24) is 0 Å². The first kappa shape index (κ1) is 13.6. The molecule has 1 saturated carbocycles. The molecule has 0 radical (unpaired) electrons. The quantitative estimate of drug-likeness (QED) is 0.925. The van der Waals surface area contributed by atoms with Gasteiger partial charge in [0, 0.05) is 30.0 Å². The van der Waals surface area contributed by atoms with Gasteiger partial charge >= 0.3 is 0 Å². The normalized spacial score (nSPS) is 20.4. The van der Waals surface area contributed by atoms with E-state index in [1.165, 1.54) is 6.07 Å². The minimum absolute atomic E-state index is 0.0310. The highest BCUT2D eigenvalue weighted by atomic mass is 19.3. The van der Waals surface area contributed by atoms with E-state index in [0.717, 1.165) is 38.2 Å². The molecule has 0 saturated heterocycles. The van der Waals surface area contributed by atoms with E-state index in [1.54, 1.807) is 6.07 Å². The summed E-state index contributed by atoms with van der Waals surface area (Å²) in [6, 6.07) is 2.94. The molecule has 3 nitrogen and oxygen atoms in total. The van der Waals surface area contributed by atoms with Gasteiger partial charge in [0.05, 0.1) is 0 Å². The summed E-state index contributed by atoms with van der Waals surface area (Å²) in [4.78, 5) is 0. The van der Waals surface area contributed by atoms with Crippen molar-refractivity contribution in [3.63, 3.8) is 0 Å². The van der Waals surface area contributed by atoms with E-state index in [9.17, 15) is 8.78 Å². The minimum Gasteiger partial charge on any atom is -0.454 e. The Morgan fingerprint density at radius 2 is 1.95 bits per heavy atom. The van der Waals surface area contributed by atoms with Crippen LogP contribution < -0.4 is 15.2 Å².